The molecule has 9 heteroatoms. The molecule has 31 heavy (non-hydrogen) atoms. The summed E-state index contributed by atoms with van der Waals surface area (Å²) in [5.41, 5.74) is -1.27. The standard InChI is InChI=1S/C22H21F2N3O4/c1-21(23,24)22(8-7-14-3-4-14)17-6-5-15(9-18(17)26-20(29)31-22)11-27-13-25-16(12-30-2)10-19(27)28/h5-6,9-10,13-14H,3-4,11-12H2,1-2H3,(H,26,29)/t22-/m0/s1. The molecule has 0 bridgehead atoms. The lowest BCUT2D eigenvalue weighted by Crippen LogP contribution is -2.50. The van der Waals surface area contributed by atoms with Gasteiger partial charge in [0.1, 0.15) is 0 Å². The minimum atomic E-state index is -3.43. The van der Waals surface area contributed by atoms with Crippen molar-refractivity contribution < 1.29 is 23.0 Å². The first-order chi connectivity index (χ1) is 14.7. The van der Waals surface area contributed by atoms with Crippen molar-refractivity contribution in [1.82, 2.24) is 9.55 Å². The van der Waals surface area contributed by atoms with Crippen LogP contribution in [0, 0.1) is 17.8 Å². The van der Waals surface area contributed by atoms with E-state index in [9.17, 15) is 18.4 Å². The molecule has 2 aliphatic rings. The van der Waals surface area contributed by atoms with Gasteiger partial charge in [-0.25, -0.2) is 18.6 Å². The van der Waals surface area contributed by atoms with Crippen LogP contribution < -0.4 is 10.9 Å². The summed E-state index contributed by atoms with van der Waals surface area (Å²) in [6, 6.07) is 5.98. The topological polar surface area (TPSA) is 82.5 Å². The largest absolute Gasteiger partial charge is 0.418 e. The summed E-state index contributed by atoms with van der Waals surface area (Å²) >= 11 is 0. The summed E-state index contributed by atoms with van der Waals surface area (Å²) in [5, 5.41) is 2.47. The molecule has 1 aliphatic carbocycles. The maximum atomic E-state index is 14.7. The van der Waals surface area contributed by atoms with Gasteiger partial charge in [0.2, 0.25) is 0 Å². The van der Waals surface area contributed by atoms with Crippen LogP contribution in [0.1, 0.15) is 36.6 Å². The van der Waals surface area contributed by atoms with E-state index in [-0.39, 0.29) is 35.9 Å². The number of aromatic nitrogens is 2. The van der Waals surface area contributed by atoms with Gasteiger partial charge in [-0.3, -0.25) is 14.7 Å². The van der Waals surface area contributed by atoms with Gasteiger partial charge in [-0.1, -0.05) is 18.1 Å². The lowest BCUT2D eigenvalue weighted by molar-refractivity contribution is -0.142. The average molecular weight is 429 g/mol. The summed E-state index contributed by atoms with van der Waals surface area (Å²) in [6.07, 6.45) is 2.09. The second-order valence-corrected chi connectivity index (χ2v) is 7.79. The number of methoxy groups -OCH3 is 1. The van der Waals surface area contributed by atoms with Crippen LogP contribution in [0.25, 0.3) is 0 Å². The van der Waals surface area contributed by atoms with Crippen LogP contribution in [0.15, 0.2) is 35.4 Å². The van der Waals surface area contributed by atoms with Crippen molar-refractivity contribution in [2.24, 2.45) is 5.92 Å². The molecule has 1 aromatic carbocycles. The SMILES string of the molecule is COCc1cc(=O)n(Cc2ccc3c(c2)NC(=O)O[C@]3(C#CC2CC2)C(C)(F)F)cn1. The van der Waals surface area contributed by atoms with Crippen LogP contribution >= 0.6 is 0 Å². The van der Waals surface area contributed by atoms with Crippen molar-refractivity contribution in [1.29, 1.82) is 0 Å². The van der Waals surface area contributed by atoms with Gasteiger partial charge in [-0.05, 0) is 30.4 Å². The summed E-state index contributed by atoms with van der Waals surface area (Å²) < 4.78 is 40.9. The van der Waals surface area contributed by atoms with E-state index in [1.807, 2.05) is 0 Å². The van der Waals surface area contributed by atoms with E-state index < -0.39 is 17.6 Å². The number of cyclic esters (lactones) is 1. The second-order valence-electron chi connectivity index (χ2n) is 7.79. The molecule has 1 aromatic heterocycles. The fraction of sp³-hybridized carbons (Fsp3) is 0.409. The van der Waals surface area contributed by atoms with Gasteiger partial charge < -0.3 is 9.47 Å². The number of nitrogens with one attached hydrogen (secondary N) is 1. The van der Waals surface area contributed by atoms with Crippen molar-refractivity contribution in [2.75, 3.05) is 12.4 Å². The summed E-state index contributed by atoms with van der Waals surface area (Å²) in [5.74, 6) is 2.00. The van der Waals surface area contributed by atoms with E-state index in [1.165, 1.54) is 30.1 Å². The zero-order chi connectivity index (χ0) is 22.2. The molecule has 162 valence electrons. The lowest BCUT2D eigenvalue weighted by atomic mass is 9.85. The third-order valence-electron chi connectivity index (χ3n) is 5.17. The Morgan fingerprint density at radius 2 is 2.13 bits per heavy atom. The van der Waals surface area contributed by atoms with E-state index in [0.29, 0.717) is 18.2 Å². The maximum absolute atomic E-state index is 14.7. The number of amides is 1. The number of hydrogen-bond donors (Lipinski definition) is 1. The van der Waals surface area contributed by atoms with E-state index >= 15 is 0 Å². The van der Waals surface area contributed by atoms with Crippen LogP contribution in [-0.2, 0) is 28.2 Å². The molecule has 1 N–H and O–H groups in total. The highest BCUT2D eigenvalue weighted by atomic mass is 19.3. The molecule has 2 aromatic rings. The first-order valence-corrected chi connectivity index (χ1v) is 9.80. The number of halogens is 2. The number of carbonyl (C=O) groups is 1. The molecule has 1 atom stereocenters. The van der Waals surface area contributed by atoms with Crippen molar-refractivity contribution in [3.05, 3.63) is 57.8 Å². The maximum Gasteiger partial charge on any atom is 0.413 e. The predicted molar refractivity (Wildman–Crippen MR) is 108 cm³/mol. The van der Waals surface area contributed by atoms with E-state index in [1.54, 1.807) is 12.1 Å². The van der Waals surface area contributed by atoms with E-state index in [2.05, 4.69) is 22.1 Å². The zero-order valence-corrected chi connectivity index (χ0v) is 17.1. The molecule has 7 nitrogen and oxygen atoms in total. The number of carbonyl (C=O) groups excluding carboxylic acids is 1. The average Bonchev–Trinajstić information content (AvgIpc) is 3.52. The van der Waals surface area contributed by atoms with Gasteiger partial charge in [-0.2, -0.15) is 0 Å². The van der Waals surface area contributed by atoms with Gasteiger partial charge in [0.05, 0.1) is 30.9 Å². The fourth-order valence-electron chi connectivity index (χ4n) is 3.40. The highest BCUT2D eigenvalue weighted by molar-refractivity contribution is 5.90. The molecule has 0 unspecified atom stereocenters. The minimum Gasteiger partial charge on any atom is -0.418 e. The predicted octanol–water partition coefficient (Wildman–Crippen LogP) is 3.26. The smallest absolute Gasteiger partial charge is 0.413 e. The van der Waals surface area contributed by atoms with E-state index in [0.717, 1.165) is 12.8 Å². The normalized spacial score (nSPS) is 20.2. The second kappa shape index (κ2) is 7.78. The Morgan fingerprint density at radius 3 is 2.77 bits per heavy atom. The molecule has 1 saturated carbocycles. The highest BCUT2D eigenvalue weighted by Crippen LogP contribution is 2.46. The number of nitrogens with zero attached hydrogens (tertiary/aromatic N) is 2. The number of fused-ring (bicyclic) bond motifs is 1. The highest BCUT2D eigenvalue weighted by Gasteiger charge is 2.57. The first kappa shape index (κ1) is 21.0. The molecule has 1 fully saturated rings. The number of ether oxygens (including phenoxy) is 2. The van der Waals surface area contributed by atoms with Crippen LogP contribution in [0.3, 0.4) is 0 Å². The monoisotopic (exact) mass is 429 g/mol. The fourth-order valence-corrected chi connectivity index (χ4v) is 3.40. The van der Waals surface area contributed by atoms with Crippen molar-refractivity contribution in [3.63, 3.8) is 0 Å². The molecule has 0 saturated heterocycles. The summed E-state index contributed by atoms with van der Waals surface area (Å²) in [7, 11) is 1.51. The van der Waals surface area contributed by atoms with Crippen molar-refractivity contribution in [3.8, 4) is 11.8 Å². The Kier molecular flexibility index (Phi) is 5.27. The van der Waals surface area contributed by atoms with Gasteiger partial charge in [0.15, 0.2) is 0 Å². The number of hydrogen-bond acceptors (Lipinski definition) is 5. The number of alkyl halides is 2. The van der Waals surface area contributed by atoms with Gasteiger partial charge in [0.25, 0.3) is 17.1 Å². The minimum absolute atomic E-state index is 0.0518. The first-order valence-electron chi connectivity index (χ1n) is 9.80. The van der Waals surface area contributed by atoms with Gasteiger partial charge in [-0.15, -0.1) is 0 Å². The van der Waals surface area contributed by atoms with Gasteiger partial charge >= 0.3 is 6.09 Å². The van der Waals surface area contributed by atoms with Crippen molar-refractivity contribution in [2.45, 2.75) is 44.4 Å². The Labute approximate surface area is 177 Å². The molecule has 0 radical (unpaired) electrons. The summed E-state index contributed by atoms with van der Waals surface area (Å²) in [6.45, 7) is 1.06. The number of rotatable bonds is 5. The Hall–Kier alpha value is -3.25. The van der Waals surface area contributed by atoms with Crippen LogP contribution in [0.2, 0.25) is 0 Å². The molecule has 2 heterocycles. The third-order valence-corrected chi connectivity index (χ3v) is 5.17. The number of benzene rings is 1. The third kappa shape index (κ3) is 4.16. The molecule has 1 amide bonds. The molecule has 0 spiro atoms. The zero-order valence-electron chi connectivity index (χ0n) is 17.1. The molecular weight excluding hydrogens is 408 g/mol. The number of anilines is 1. The Balaban J connectivity index is 1.71. The summed E-state index contributed by atoms with van der Waals surface area (Å²) in [4.78, 5) is 28.6. The lowest BCUT2D eigenvalue weighted by Gasteiger charge is -2.38. The molecule has 1 aliphatic heterocycles. The van der Waals surface area contributed by atoms with Crippen LogP contribution in [0.4, 0.5) is 19.3 Å². The van der Waals surface area contributed by atoms with Crippen molar-refractivity contribution >= 4 is 11.8 Å². The van der Waals surface area contributed by atoms with Crippen LogP contribution in [-0.4, -0.2) is 28.7 Å². The van der Waals surface area contributed by atoms with Crippen LogP contribution in [0.5, 0.6) is 0 Å². The van der Waals surface area contributed by atoms with E-state index in [4.69, 9.17) is 9.47 Å². The molecular formula is C22H21F2N3O4. The van der Waals surface area contributed by atoms with Gasteiger partial charge in [0, 0.05) is 31.6 Å². The quantitative estimate of drug-likeness (QED) is 0.738. The Morgan fingerprint density at radius 1 is 1.35 bits per heavy atom. The molecule has 4 rings (SSSR count). The Bertz CT molecular complexity index is 1140.